The van der Waals surface area contributed by atoms with Crippen LogP contribution in [0.3, 0.4) is 0 Å². The highest BCUT2D eigenvalue weighted by molar-refractivity contribution is 5.95. The molecule has 2 N–H and O–H groups in total. The average Bonchev–Trinajstić information content (AvgIpc) is 2.81. The van der Waals surface area contributed by atoms with Crippen LogP contribution >= 0.6 is 0 Å². The van der Waals surface area contributed by atoms with E-state index in [1.807, 2.05) is 44.7 Å². The number of piperazine rings is 1. The van der Waals surface area contributed by atoms with Gasteiger partial charge >= 0.3 is 18.0 Å². The minimum Gasteiger partial charge on any atom is -0.497 e. The van der Waals surface area contributed by atoms with E-state index in [0.29, 0.717) is 43.2 Å². The van der Waals surface area contributed by atoms with Gasteiger partial charge in [-0.15, -0.1) is 0 Å². The van der Waals surface area contributed by atoms with Crippen molar-refractivity contribution < 1.29 is 23.9 Å². The van der Waals surface area contributed by atoms with E-state index in [4.69, 9.17) is 9.47 Å². The summed E-state index contributed by atoms with van der Waals surface area (Å²) in [5.74, 6) is 0.221. The van der Waals surface area contributed by atoms with E-state index in [2.05, 4.69) is 15.5 Å². The molecule has 1 saturated heterocycles. The maximum atomic E-state index is 13.2. The quantitative estimate of drug-likeness (QED) is 0.581. The number of ether oxygens (including phenoxy) is 2. The van der Waals surface area contributed by atoms with E-state index in [1.54, 1.807) is 33.2 Å². The minimum absolute atomic E-state index is 0.0344. The molecule has 2 aliphatic heterocycles. The van der Waals surface area contributed by atoms with Crippen LogP contribution < -0.4 is 15.4 Å². The van der Waals surface area contributed by atoms with E-state index in [1.165, 1.54) is 4.90 Å². The largest absolute Gasteiger partial charge is 0.497 e. The van der Waals surface area contributed by atoms with Gasteiger partial charge in [-0.05, 0) is 52.3 Å². The van der Waals surface area contributed by atoms with Crippen molar-refractivity contribution in [2.24, 2.45) is 0 Å². The Morgan fingerprint density at radius 3 is 2.39 bits per heavy atom. The van der Waals surface area contributed by atoms with E-state index >= 15 is 0 Å². The van der Waals surface area contributed by atoms with Gasteiger partial charge in [0.15, 0.2) is 0 Å². The molecule has 2 heterocycles. The molecule has 198 valence electrons. The number of hydrogen-bond acceptors (Lipinski definition) is 6. The highest BCUT2D eigenvalue weighted by Gasteiger charge is 2.38. The molecule has 0 spiro atoms. The monoisotopic (exact) mass is 501 g/mol. The highest BCUT2D eigenvalue weighted by Crippen LogP contribution is 2.32. The first kappa shape index (κ1) is 27.3. The lowest BCUT2D eigenvalue weighted by Crippen LogP contribution is -2.59. The third-order valence-corrected chi connectivity index (χ3v) is 6.35. The number of amides is 4. The lowest BCUT2D eigenvalue weighted by molar-refractivity contribution is -0.139. The summed E-state index contributed by atoms with van der Waals surface area (Å²) in [6.07, 6.45) is 0. The van der Waals surface area contributed by atoms with Crippen LogP contribution in [0.15, 0.2) is 35.5 Å². The van der Waals surface area contributed by atoms with Gasteiger partial charge in [0, 0.05) is 50.5 Å². The number of urea groups is 2. The van der Waals surface area contributed by atoms with Crippen LogP contribution in [0, 0.1) is 0 Å². The Kier molecular flexibility index (Phi) is 8.50. The van der Waals surface area contributed by atoms with E-state index < -0.39 is 12.0 Å². The van der Waals surface area contributed by atoms with Crippen molar-refractivity contribution in [3.63, 3.8) is 0 Å². The number of rotatable bonds is 6. The first-order valence-corrected chi connectivity index (χ1v) is 12.3. The fourth-order valence-electron chi connectivity index (χ4n) is 4.53. The predicted molar refractivity (Wildman–Crippen MR) is 137 cm³/mol. The normalized spacial score (nSPS) is 21.2. The molecule has 2 atom stereocenters. The Morgan fingerprint density at radius 1 is 1.17 bits per heavy atom. The predicted octanol–water partition coefficient (Wildman–Crippen LogP) is 2.72. The van der Waals surface area contributed by atoms with Crippen LogP contribution in [-0.4, -0.2) is 91.3 Å². The van der Waals surface area contributed by atoms with Crippen molar-refractivity contribution in [1.29, 1.82) is 0 Å². The number of nitrogens with zero attached hydrogens (tertiary/aromatic N) is 3. The Balaban J connectivity index is 1.89. The standard InChI is InChI=1S/C26H39N5O5/c1-8-36-23(32)21-20(16-30-13-14-31(17(2)15-30)25(34)28-26(3,4)5)29(6)24(33)27-22(21)18-9-11-19(35-7)12-10-18/h9-12,17,22H,8,13-16H2,1-7H3,(H,27,33)(H,28,34)/t17-,22-/m1/s1. The zero-order valence-corrected chi connectivity index (χ0v) is 22.4. The van der Waals surface area contributed by atoms with E-state index in [-0.39, 0.29) is 30.2 Å². The van der Waals surface area contributed by atoms with Crippen molar-refractivity contribution in [2.75, 3.05) is 46.9 Å². The number of hydrogen-bond donors (Lipinski definition) is 2. The zero-order valence-electron chi connectivity index (χ0n) is 22.4. The third-order valence-electron chi connectivity index (χ3n) is 6.35. The van der Waals surface area contributed by atoms with Crippen LogP contribution in [0.2, 0.25) is 0 Å². The second-order valence-electron chi connectivity index (χ2n) is 10.3. The number of likely N-dealkylation sites (N-methyl/N-ethyl adjacent to an activating group) is 1. The van der Waals surface area contributed by atoms with Crippen LogP contribution in [0.5, 0.6) is 5.75 Å². The fraction of sp³-hybridized carbons (Fsp3) is 0.577. The number of esters is 1. The number of nitrogens with one attached hydrogen (secondary N) is 2. The Morgan fingerprint density at radius 2 is 1.83 bits per heavy atom. The van der Waals surface area contributed by atoms with Crippen molar-refractivity contribution >= 4 is 18.0 Å². The molecule has 1 aromatic carbocycles. The SMILES string of the molecule is CCOC(=O)C1=C(CN2CCN(C(=O)NC(C)(C)C)[C@H](C)C2)N(C)C(=O)N[C@@H]1c1ccc(OC)cc1. The van der Waals surface area contributed by atoms with E-state index in [0.717, 1.165) is 5.56 Å². The molecule has 1 fully saturated rings. The lowest BCUT2D eigenvalue weighted by atomic mass is 9.94. The smallest absolute Gasteiger partial charge is 0.338 e. The van der Waals surface area contributed by atoms with Gasteiger partial charge in [0.2, 0.25) is 0 Å². The molecule has 0 aliphatic carbocycles. The van der Waals surface area contributed by atoms with Gasteiger partial charge in [0.05, 0.1) is 25.3 Å². The van der Waals surface area contributed by atoms with E-state index in [9.17, 15) is 14.4 Å². The molecule has 0 bridgehead atoms. The molecule has 0 aromatic heterocycles. The minimum atomic E-state index is -0.648. The first-order valence-electron chi connectivity index (χ1n) is 12.3. The summed E-state index contributed by atoms with van der Waals surface area (Å²) in [6, 6.07) is 6.20. The Hall–Kier alpha value is -3.27. The molecular formula is C26H39N5O5. The molecule has 3 rings (SSSR count). The number of carbonyl (C=O) groups excluding carboxylic acids is 3. The fourth-order valence-corrected chi connectivity index (χ4v) is 4.53. The van der Waals surface area contributed by atoms with Crippen molar-refractivity contribution in [2.45, 2.75) is 52.2 Å². The molecule has 0 unspecified atom stereocenters. The summed E-state index contributed by atoms with van der Waals surface area (Å²) in [7, 11) is 3.24. The summed E-state index contributed by atoms with van der Waals surface area (Å²) in [6.45, 7) is 12.0. The van der Waals surface area contributed by atoms with Crippen LogP contribution in [0.1, 0.15) is 46.2 Å². The average molecular weight is 502 g/mol. The van der Waals surface area contributed by atoms with Crippen molar-refractivity contribution in [3.8, 4) is 5.75 Å². The lowest BCUT2D eigenvalue weighted by Gasteiger charge is -2.43. The summed E-state index contributed by atoms with van der Waals surface area (Å²) < 4.78 is 10.7. The summed E-state index contributed by atoms with van der Waals surface area (Å²) in [4.78, 5) is 44.3. The Bertz CT molecular complexity index is 1000. The highest BCUT2D eigenvalue weighted by atomic mass is 16.5. The van der Waals surface area contributed by atoms with Gasteiger partial charge in [-0.25, -0.2) is 14.4 Å². The molecule has 1 aromatic rings. The van der Waals surface area contributed by atoms with Gasteiger partial charge in [-0.1, -0.05) is 12.1 Å². The van der Waals surface area contributed by atoms with Gasteiger partial charge < -0.3 is 25.0 Å². The Labute approximate surface area is 213 Å². The molecular weight excluding hydrogens is 462 g/mol. The first-order chi connectivity index (χ1) is 16.9. The maximum Gasteiger partial charge on any atom is 0.338 e. The van der Waals surface area contributed by atoms with Crippen LogP contribution in [0.25, 0.3) is 0 Å². The molecule has 36 heavy (non-hydrogen) atoms. The second-order valence-corrected chi connectivity index (χ2v) is 10.3. The molecule has 10 heteroatoms. The van der Waals surface area contributed by atoms with Gasteiger partial charge in [-0.3, -0.25) is 9.80 Å². The summed E-state index contributed by atoms with van der Waals surface area (Å²) in [5, 5.41) is 5.96. The van der Waals surface area contributed by atoms with Crippen molar-refractivity contribution in [3.05, 3.63) is 41.1 Å². The van der Waals surface area contributed by atoms with Crippen LogP contribution in [-0.2, 0) is 9.53 Å². The summed E-state index contributed by atoms with van der Waals surface area (Å²) in [5.41, 5.74) is 1.44. The molecule has 4 amide bonds. The number of carbonyl (C=O) groups is 3. The molecule has 0 radical (unpaired) electrons. The summed E-state index contributed by atoms with van der Waals surface area (Å²) >= 11 is 0. The number of benzene rings is 1. The van der Waals surface area contributed by atoms with Crippen LogP contribution in [0.4, 0.5) is 9.59 Å². The second kappa shape index (κ2) is 11.2. The topological polar surface area (TPSA) is 103 Å². The van der Waals surface area contributed by atoms with Gasteiger partial charge in [0.1, 0.15) is 5.75 Å². The molecule has 0 saturated carbocycles. The van der Waals surface area contributed by atoms with Gasteiger partial charge in [0.25, 0.3) is 0 Å². The van der Waals surface area contributed by atoms with Crippen molar-refractivity contribution in [1.82, 2.24) is 25.3 Å². The van der Waals surface area contributed by atoms with Gasteiger partial charge in [-0.2, -0.15) is 0 Å². The number of methoxy groups -OCH3 is 1. The molecule has 2 aliphatic rings. The maximum absolute atomic E-state index is 13.2. The molecule has 10 nitrogen and oxygen atoms in total. The third kappa shape index (κ3) is 6.29. The zero-order chi connectivity index (χ0) is 26.6.